The van der Waals surface area contributed by atoms with E-state index in [9.17, 15) is 0 Å². The molecule has 0 spiro atoms. The topological polar surface area (TPSA) is 49.0 Å². The van der Waals surface area contributed by atoms with Crippen LogP contribution in [0.3, 0.4) is 0 Å². The number of anilines is 1. The highest BCUT2D eigenvalue weighted by molar-refractivity contribution is 14.1. The first-order chi connectivity index (χ1) is 14.3. The van der Waals surface area contributed by atoms with E-state index >= 15 is 0 Å². The number of nitrogens with zero attached hydrogens (tertiary/aromatic N) is 1. The third kappa shape index (κ3) is 5.70. The summed E-state index contributed by atoms with van der Waals surface area (Å²) in [5.41, 5.74) is 8.12. The number of halogens is 1. The van der Waals surface area contributed by atoms with E-state index in [-0.39, 0.29) is 0 Å². The predicted octanol–water partition coefficient (Wildman–Crippen LogP) is 4.74. The summed E-state index contributed by atoms with van der Waals surface area (Å²) in [7, 11) is 0. The Morgan fingerprint density at radius 1 is 1.00 bits per heavy atom. The minimum absolute atomic E-state index is 0.694. The maximum Gasteiger partial charge on any atom is 0.0594 e. The maximum atomic E-state index is 4.73. The number of rotatable bonds is 7. The van der Waals surface area contributed by atoms with Gasteiger partial charge < -0.3 is 16.0 Å². The first-order valence-electron chi connectivity index (χ1n) is 11.1. The molecular formula is C24H33IN4. The van der Waals surface area contributed by atoms with Crippen LogP contribution in [0.2, 0.25) is 0 Å². The number of alkyl halides is 1. The van der Waals surface area contributed by atoms with Crippen molar-refractivity contribution < 1.29 is 0 Å². The van der Waals surface area contributed by atoms with Gasteiger partial charge in [0.15, 0.2) is 0 Å². The summed E-state index contributed by atoms with van der Waals surface area (Å²) < 4.78 is 1.03. The van der Waals surface area contributed by atoms with Crippen LogP contribution in [-0.2, 0) is 30.4 Å². The number of fused-ring (bicyclic) bond motifs is 1. The van der Waals surface area contributed by atoms with Gasteiger partial charge in [0.2, 0.25) is 0 Å². The molecule has 1 fully saturated rings. The molecule has 156 valence electrons. The van der Waals surface area contributed by atoms with E-state index in [0.29, 0.717) is 6.04 Å². The number of pyridine rings is 1. The second-order valence-electron chi connectivity index (χ2n) is 8.35. The van der Waals surface area contributed by atoms with Crippen LogP contribution in [0, 0.1) is 0 Å². The highest BCUT2D eigenvalue weighted by atomic mass is 127. The molecule has 0 radical (unpaired) electrons. The van der Waals surface area contributed by atoms with Crippen LogP contribution in [0.1, 0.15) is 60.1 Å². The molecule has 0 saturated heterocycles. The van der Waals surface area contributed by atoms with Crippen molar-refractivity contribution in [3.63, 3.8) is 0 Å². The standard InChI is InChI=1S/C24H33IN4/c25-14-20-8-7-19-10-12-26-13-11-23(19)24(20)29-17-22-9-6-18(16-28-22)15-27-21-4-2-1-3-5-21/h6-9,16,21,26-27,29H,1-5,10-15,17H2. The molecular weight excluding hydrogens is 471 g/mol. The van der Waals surface area contributed by atoms with Crippen molar-refractivity contribution >= 4 is 28.3 Å². The Labute approximate surface area is 188 Å². The summed E-state index contributed by atoms with van der Waals surface area (Å²) >= 11 is 2.47. The molecule has 5 heteroatoms. The smallest absolute Gasteiger partial charge is 0.0594 e. The SMILES string of the molecule is ICc1ccc2c(c1NCc1ccc(CNC3CCCCC3)cn1)CCNCC2. The van der Waals surface area contributed by atoms with Gasteiger partial charge in [-0.05, 0) is 67.1 Å². The molecule has 1 aromatic carbocycles. The van der Waals surface area contributed by atoms with Gasteiger partial charge >= 0.3 is 0 Å². The Hall–Kier alpha value is -1.18. The van der Waals surface area contributed by atoms with Crippen LogP contribution < -0.4 is 16.0 Å². The monoisotopic (exact) mass is 504 g/mol. The Balaban J connectivity index is 1.37. The van der Waals surface area contributed by atoms with E-state index in [0.717, 1.165) is 49.1 Å². The van der Waals surface area contributed by atoms with Gasteiger partial charge in [-0.15, -0.1) is 0 Å². The van der Waals surface area contributed by atoms with Crippen LogP contribution in [-0.4, -0.2) is 24.1 Å². The molecule has 2 heterocycles. The number of nitrogens with one attached hydrogen (secondary N) is 3. The molecule has 1 aliphatic heterocycles. The van der Waals surface area contributed by atoms with E-state index in [1.54, 1.807) is 0 Å². The minimum Gasteiger partial charge on any atom is -0.379 e. The van der Waals surface area contributed by atoms with E-state index in [2.05, 4.69) is 62.8 Å². The van der Waals surface area contributed by atoms with E-state index < -0.39 is 0 Å². The van der Waals surface area contributed by atoms with Gasteiger partial charge in [0.1, 0.15) is 0 Å². The molecule has 0 unspecified atom stereocenters. The van der Waals surface area contributed by atoms with Crippen LogP contribution in [0.15, 0.2) is 30.5 Å². The fraction of sp³-hybridized carbons (Fsp3) is 0.542. The number of aromatic nitrogens is 1. The van der Waals surface area contributed by atoms with Crippen molar-refractivity contribution in [2.45, 2.75) is 68.5 Å². The van der Waals surface area contributed by atoms with Gasteiger partial charge in [0.25, 0.3) is 0 Å². The average molecular weight is 504 g/mol. The molecule has 2 aliphatic rings. The lowest BCUT2D eigenvalue weighted by Crippen LogP contribution is -2.30. The van der Waals surface area contributed by atoms with Gasteiger partial charge in [0.05, 0.1) is 12.2 Å². The quantitative estimate of drug-likeness (QED) is 0.377. The normalized spacial score (nSPS) is 17.6. The second kappa shape index (κ2) is 10.7. The Kier molecular flexibility index (Phi) is 7.80. The summed E-state index contributed by atoms with van der Waals surface area (Å²) in [6.07, 6.45) is 11.1. The predicted molar refractivity (Wildman–Crippen MR) is 130 cm³/mol. The molecule has 0 bridgehead atoms. The van der Waals surface area contributed by atoms with Crippen molar-refractivity contribution in [2.75, 3.05) is 18.4 Å². The van der Waals surface area contributed by atoms with Crippen LogP contribution in [0.4, 0.5) is 5.69 Å². The van der Waals surface area contributed by atoms with Gasteiger partial charge in [-0.1, -0.05) is 60.1 Å². The third-order valence-corrected chi connectivity index (χ3v) is 7.12. The van der Waals surface area contributed by atoms with Crippen molar-refractivity contribution in [2.24, 2.45) is 0 Å². The molecule has 0 atom stereocenters. The zero-order valence-corrected chi connectivity index (χ0v) is 19.4. The minimum atomic E-state index is 0.694. The molecule has 29 heavy (non-hydrogen) atoms. The lowest BCUT2D eigenvalue weighted by atomic mass is 9.95. The lowest BCUT2D eigenvalue weighted by Gasteiger charge is -2.22. The van der Waals surface area contributed by atoms with Gasteiger partial charge in [-0.2, -0.15) is 0 Å². The summed E-state index contributed by atoms with van der Waals surface area (Å²) in [6.45, 7) is 3.86. The second-order valence-corrected chi connectivity index (χ2v) is 9.11. The van der Waals surface area contributed by atoms with Crippen molar-refractivity contribution in [1.82, 2.24) is 15.6 Å². The Bertz CT molecular complexity index is 784. The summed E-state index contributed by atoms with van der Waals surface area (Å²) in [5, 5.41) is 11.0. The molecule has 3 N–H and O–H groups in total. The fourth-order valence-corrected chi connectivity index (χ4v) is 5.20. The van der Waals surface area contributed by atoms with Gasteiger partial charge in [0, 0.05) is 28.9 Å². The largest absolute Gasteiger partial charge is 0.379 e. The fourth-order valence-electron chi connectivity index (χ4n) is 4.56. The zero-order valence-electron chi connectivity index (χ0n) is 17.3. The Morgan fingerprint density at radius 3 is 2.66 bits per heavy atom. The first-order valence-corrected chi connectivity index (χ1v) is 12.7. The lowest BCUT2D eigenvalue weighted by molar-refractivity contribution is 0.372. The van der Waals surface area contributed by atoms with Gasteiger partial charge in [-0.25, -0.2) is 0 Å². The highest BCUT2D eigenvalue weighted by Crippen LogP contribution is 2.29. The number of benzene rings is 1. The highest BCUT2D eigenvalue weighted by Gasteiger charge is 2.15. The first kappa shape index (κ1) is 21.1. The summed E-state index contributed by atoms with van der Waals surface area (Å²) in [4.78, 5) is 4.73. The van der Waals surface area contributed by atoms with E-state index in [4.69, 9.17) is 4.98 Å². The zero-order chi connectivity index (χ0) is 19.9. The maximum absolute atomic E-state index is 4.73. The van der Waals surface area contributed by atoms with Crippen molar-refractivity contribution in [3.8, 4) is 0 Å². The molecule has 1 saturated carbocycles. The van der Waals surface area contributed by atoms with Crippen LogP contribution in [0.25, 0.3) is 0 Å². The average Bonchev–Trinajstić information content (AvgIpc) is 3.03. The van der Waals surface area contributed by atoms with Gasteiger partial charge in [-0.3, -0.25) is 4.98 Å². The molecule has 4 rings (SSSR count). The Morgan fingerprint density at radius 2 is 1.86 bits per heavy atom. The number of hydrogen-bond acceptors (Lipinski definition) is 4. The van der Waals surface area contributed by atoms with E-state index in [1.807, 2.05) is 6.20 Å². The molecule has 1 aliphatic carbocycles. The summed E-state index contributed by atoms with van der Waals surface area (Å²) in [5.74, 6) is 0. The van der Waals surface area contributed by atoms with Crippen LogP contribution >= 0.6 is 22.6 Å². The molecule has 2 aromatic rings. The van der Waals surface area contributed by atoms with Crippen LogP contribution in [0.5, 0.6) is 0 Å². The third-order valence-electron chi connectivity index (χ3n) is 6.30. The summed E-state index contributed by atoms with van der Waals surface area (Å²) in [6, 6.07) is 9.73. The van der Waals surface area contributed by atoms with Crippen molar-refractivity contribution in [3.05, 3.63) is 58.4 Å². The van der Waals surface area contributed by atoms with E-state index in [1.165, 1.54) is 60.0 Å². The molecule has 1 aromatic heterocycles. The molecule has 4 nitrogen and oxygen atoms in total. The molecule has 0 amide bonds. The van der Waals surface area contributed by atoms with Crippen molar-refractivity contribution in [1.29, 1.82) is 0 Å². The number of hydrogen-bond donors (Lipinski definition) is 3.